The van der Waals surface area contributed by atoms with Crippen molar-refractivity contribution in [1.29, 1.82) is 0 Å². The molecule has 1 heterocycles. The molecule has 2 fully saturated rings. The minimum Gasteiger partial charge on any atom is -0.315 e. The zero-order chi connectivity index (χ0) is 20.5. The molecule has 0 radical (unpaired) electrons. The van der Waals surface area contributed by atoms with Crippen LogP contribution in [0.1, 0.15) is 53.9 Å². The Morgan fingerprint density at radius 3 is 2.37 bits per heavy atom. The second-order valence-electron chi connectivity index (χ2n) is 7.73. The van der Waals surface area contributed by atoms with Gasteiger partial charge in [0.15, 0.2) is 0 Å². The summed E-state index contributed by atoms with van der Waals surface area (Å²) in [6.45, 7) is 17.1. The molecule has 1 saturated carbocycles. The quantitative estimate of drug-likeness (QED) is 0.190. The summed E-state index contributed by atoms with van der Waals surface area (Å²) in [6.07, 6.45) is -3.99. The molecule has 1 saturated heterocycles. The fraction of sp³-hybridized carbons (Fsp3) is 0.941. The summed E-state index contributed by atoms with van der Waals surface area (Å²) in [5, 5.41) is 0. The minimum atomic E-state index is -4.34. The van der Waals surface area contributed by atoms with E-state index >= 15 is 0 Å². The number of fused-ring (bicyclic) bond motifs is 2. The Morgan fingerprint density at radius 2 is 1.85 bits per heavy atom. The zero-order valence-corrected chi connectivity index (χ0v) is 18.9. The van der Waals surface area contributed by atoms with Crippen LogP contribution in [0.4, 0.5) is 13.2 Å². The van der Waals surface area contributed by atoms with Gasteiger partial charge in [0, 0.05) is 12.1 Å². The lowest BCUT2D eigenvalue weighted by molar-refractivity contribution is -0.188. The Bertz CT molecular complexity index is 553. The van der Waals surface area contributed by atoms with Crippen molar-refractivity contribution in [3.63, 3.8) is 0 Å². The Morgan fingerprint density at radius 1 is 1.22 bits per heavy atom. The molecule has 0 aromatic carbocycles. The summed E-state index contributed by atoms with van der Waals surface area (Å²) < 4.78 is 54.0. The molecular weight excluding hydrogens is 416 g/mol. The average Bonchev–Trinajstić information content (AvgIpc) is 2.70. The maximum atomic E-state index is 14.1. The SMILES string of the molecule is [C-]#[N+]CCOP(OC1C2(C)CCCC1(C(F)(F)F)SS2)N(C(C)C)C(C)C. The monoisotopic (exact) mass is 444 g/mol. The van der Waals surface area contributed by atoms with Crippen molar-refractivity contribution in [1.82, 2.24) is 4.67 Å². The molecule has 4 unspecified atom stereocenters. The molecule has 156 valence electrons. The van der Waals surface area contributed by atoms with Gasteiger partial charge in [0.2, 0.25) is 6.54 Å². The smallest absolute Gasteiger partial charge is 0.315 e. The molecule has 0 aromatic heterocycles. The Kier molecular flexibility index (Phi) is 7.83. The largest absolute Gasteiger partial charge is 0.406 e. The van der Waals surface area contributed by atoms with Gasteiger partial charge < -0.3 is 13.9 Å². The van der Waals surface area contributed by atoms with Gasteiger partial charge in [-0.3, -0.25) is 0 Å². The molecule has 0 spiro atoms. The van der Waals surface area contributed by atoms with Crippen LogP contribution in [-0.2, 0) is 9.05 Å². The lowest BCUT2D eigenvalue weighted by atomic mass is 9.78. The van der Waals surface area contributed by atoms with Crippen LogP contribution in [0.3, 0.4) is 0 Å². The molecule has 10 heteroatoms. The molecule has 1 aliphatic carbocycles. The second-order valence-corrected chi connectivity index (χ2v) is 12.1. The highest BCUT2D eigenvalue weighted by Gasteiger charge is 2.72. The number of rotatable bonds is 8. The normalized spacial score (nSPS) is 32.3. The summed E-state index contributed by atoms with van der Waals surface area (Å²) in [5.74, 6) is 0. The molecule has 4 nitrogen and oxygen atoms in total. The first-order chi connectivity index (χ1) is 12.5. The van der Waals surface area contributed by atoms with Crippen molar-refractivity contribution >= 4 is 30.1 Å². The maximum absolute atomic E-state index is 14.1. The lowest BCUT2D eigenvalue weighted by Crippen LogP contribution is -2.58. The number of alkyl halides is 3. The van der Waals surface area contributed by atoms with Gasteiger partial charge in [-0.25, -0.2) is 11.2 Å². The van der Waals surface area contributed by atoms with Crippen LogP contribution in [0.5, 0.6) is 0 Å². The van der Waals surface area contributed by atoms with Gasteiger partial charge in [0.1, 0.15) is 17.5 Å². The summed E-state index contributed by atoms with van der Waals surface area (Å²) in [6, 6.07) is 0.112. The van der Waals surface area contributed by atoms with E-state index in [0.29, 0.717) is 12.8 Å². The standard InChI is InChI=1S/C17H28F3N2O2PS2/c1-12(2)22(13(3)4)25(23-11-10-21-6)24-14-15(5)8-7-9-16(14,27-26-15)17(18,19)20/h12-14H,7-11H2,1-5H3. The van der Waals surface area contributed by atoms with Crippen molar-refractivity contribution in [2.45, 2.75) is 87.7 Å². The van der Waals surface area contributed by atoms with Crippen molar-refractivity contribution in [3.8, 4) is 0 Å². The Labute approximate surface area is 169 Å². The van der Waals surface area contributed by atoms with Crippen molar-refractivity contribution < 1.29 is 22.2 Å². The predicted octanol–water partition coefficient (Wildman–Crippen LogP) is 6.29. The first-order valence-electron chi connectivity index (χ1n) is 9.13. The lowest BCUT2D eigenvalue weighted by Gasteiger charge is -2.46. The third-order valence-electron chi connectivity index (χ3n) is 4.91. The molecule has 0 amide bonds. The number of hydrogen-bond donors (Lipinski definition) is 0. The van der Waals surface area contributed by atoms with E-state index in [1.54, 1.807) is 0 Å². The minimum absolute atomic E-state index is 0.0558. The molecular formula is C17H28F3N2O2PS2. The summed E-state index contributed by atoms with van der Waals surface area (Å²) in [4.78, 5) is 3.29. The molecule has 1 aliphatic heterocycles. The summed E-state index contributed by atoms with van der Waals surface area (Å²) in [5.41, 5.74) is 0. The van der Waals surface area contributed by atoms with Gasteiger partial charge in [-0.1, -0.05) is 28.0 Å². The molecule has 4 atom stereocenters. The van der Waals surface area contributed by atoms with E-state index in [9.17, 15) is 13.2 Å². The van der Waals surface area contributed by atoms with E-state index in [2.05, 4.69) is 4.85 Å². The van der Waals surface area contributed by atoms with Crippen LogP contribution in [0.2, 0.25) is 0 Å². The van der Waals surface area contributed by atoms with E-state index in [1.165, 1.54) is 10.8 Å². The van der Waals surface area contributed by atoms with Crippen LogP contribution in [-0.4, -0.2) is 51.7 Å². The third kappa shape index (κ3) is 4.73. The molecule has 2 aliphatic rings. The zero-order valence-electron chi connectivity index (χ0n) is 16.4. The summed E-state index contributed by atoms with van der Waals surface area (Å²) in [7, 11) is 0.537. The Balaban J connectivity index is 2.34. The van der Waals surface area contributed by atoms with E-state index in [-0.39, 0.29) is 31.7 Å². The van der Waals surface area contributed by atoms with Crippen LogP contribution in [0, 0.1) is 6.57 Å². The van der Waals surface area contributed by atoms with E-state index in [4.69, 9.17) is 15.6 Å². The third-order valence-corrected chi connectivity index (χ3v) is 11.1. The van der Waals surface area contributed by atoms with Crippen LogP contribution in [0.15, 0.2) is 0 Å². The van der Waals surface area contributed by atoms with Gasteiger partial charge in [0.05, 0.1) is 4.75 Å². The molecule has 27 heavy (non-hydrogen) atoms. The predicted molar refractivity (Wildman–Crippen MR) is 108 cm³/mol. The molecule has 0 aromatic rings. The van der Waals surface area contributed by atoms with Crippen molar-refractivity contribution in [2.75, 3.05) is 13.2 Å². The highest BCUT2D eigenvalue weighted by Crippen LogP contribution is 2.71. The van der Waals surface area contributed by atoms with Crippen LogP contribution in [0.25, 0.3) is 4.85 Å². The fourth-order valence-corrected chi connectivity index (χ4v) is 9.76. The van der Waals surface area contributed by atoms with Gasteiger partial charge in [0.25, 0.3) is 8.53 Å². The van der Waals surface area contributed by atoms with E-state index in [1.807, 2.05) is 39.3 Å². The van der Waals surface area contributed by atoms with Crippen LogP contribution < -0.4 is 0 Å². The first kappa shape index (κ1) is 23.6. The topological polar surface area (TPSA) is 26.1 Å². The summed E-state index contributed by atoms with van der Waals surface area (Å²) >= 11 is 0. The Hall–Kier alpha value is 0.290. The van der Waals surface area contributed by atoms with E-state index in [0.717, 1.165) is 10.8 Å². The molecule has 0 N–H and O–H groups in total. The van der Waals surface area contributed by atoms with Gasteiger partial charge in [-0.2, -0.15) is 13.2 Å². The number of hydrogen-bond acceptors (Lipinski definition) is 5. The highest BCUT2D eigenvalue weighted by molar-refractivity contribution is 8.78. The fourth-order valence-electron chi connectivity index (χ4n) is 3.71. The second kappa shape index (κ2) is 8.97. The number of halogens is 3. The van der Waals surface area contributed by atoms with Crippen LogP contribution >= 0.6 is 30.1 Å². The first-order valence-corrected chi connectivity index (χ1v) is 12.4. The number of nitrogens with zero attached hydrogens (tertiary/aromatic N) is 2. The van der Waals surface area contributed by atoms with Crippen molar-refractivity contribution in [2.24, 2.45) is 0 Å². The van der Waals surface area contributed by atoms with Gasteiger partial charge in [-0.05, 0) is 47.5 Å². The van der Waals surface area contributed by atoms with E-state index < -0.39 is 30.3 Å². The highest BCUT2D eigenvalue weighted by atomic mass is 33.1. The van der Waals surface area contributed by atoms with Crippen molar-refractivity contribution in [3.05, 3.63) is 11.4 Å². The molecule has 2 rings (SSSR count). The molecule has 2 bridgehead atoms. The average molecular weight is 445 g/mol. The maximum Gasteiger partial charge on any atom is 0.406 e. The van der Waals surface area contributed by atoms with Gasteiger partial charge >= 0.3 is 6.18 Å². The van der Waals surface area contributed by atoms with Gasteiger partial charge in [-0.15, -0.1) is 0 Å².